The second kappa shape index (κ2) is 9.53. The number of rotatable bonds is 8. The van der Waals surface area contributed by atoms with Crippen molar-refractivity contribution in [1.29, 1.82) is 0 Å². The van der Waals surface area contributed by atoms with E-state index in [2.05, 4.69) is 5.32 Å². The van der Waals surface area contributed by atoms with E-state index < -0.39 is 0 Å². The lowest BCUT2D eigenvalue weighted by Crippen LogP contribution is -2.27. The van der Waals surface area contributed by atoms with Crippen molar-refractivity contribution in [2.45, 2.75) is 13.1 Å². The van der Waals surface area contributed by atoms with Gasteiger partial charge in [0.1, 0.15) is 11.6 Å². The molecule has 0 atom stereocenters. The molecule has 4 rings (SSSR count). The second-order valence-corrected chi connectivity index (χ2v) is 7.18. The maximum atomic E-state index is 13.3. The lowest BCUT2D eigenvalue weighted by atomic mass is 10.2. The first kappa shape index (κ1) is 21.4. The summed E-state index contributed by atoms with van der Waals surface area (Å²) >= 11 is 0. The minimum absolute atomic E-state index is 0.108. The van der Waals surface area contributed by atoms with Gasteiger partial charge in [0.25, 0.3) is 5.56 Å². The summed E-state index contributed by atoms with van der Waals surface area (Å²) in [6, 6.07) is 20.5. The number of fused-ring (bicyclic) bond motifs is 1. The van der Waals surface area contributed by atoms with Crippen LogP contribution in [0.25, 0.3) is 16.6 Å². The van der Waals surface area contributed by atoms with Crippen LogP contribution in [0.1, 0.15) is 11.4 Å². The van der Waals surface area contributed by atoms with E-state index in [9.17, 15) is 4.79 Å². The number of hydrogen-bond donors (Lipinski definition) is 1. The molecule has 0 unspecified atom stereocenters. The lowest BCUT2D eigenvalue weighted by molar-refractivity contribution is 0.354. The molecule has 164 valence electrons. The average Bonchev–Trinajstić information content (AvgIpc) is 2.84. The summed E-state index contributed by atoms with van der Waals surface area (Å²) in [4.78, 5) is 18.1. The quantitative estimate of drug-likeness (QED) is 0.459. The number of methoxy groups -OCH3 is 3. The first-order valence-corrected chi connectivity index (χ1v) is 10.2. The Morgan fingerprint density at radius 1 is 0.844 bits per heavy atom. The van der Waals surface area contributed by atoms with Crippen molar-refractivity contribution in [2.75, 3.05) is 21.3 Å². The van der Waals surface area contributed by atoms with Crippen molar-refractivity contribution in [2.24, 2.45) is 0 Å². The van der Waals surface area contributed by atoms with E-state index in [4.69, 9.17) is 19.2 Å². The van der Waals surface area contributed by atoms with E-state index in [1.807, 2.05) is 60.7 Å². The first-order chi connectivity index (χ1) is 15.6. The van der Waals surface area contributed by atoms with E-state index >= 15 is 0 Å². The molecule has 0 spiro atoms. The first-order valence-electron chi connectivity index (χ1n) is 10.2. The highest BCUT2D eigenvalue weighted by Gasteiger charge is 2.13. The summed E-state index contributed by atoms with van der Waals surface area (Å²) in [6.07, 6.45) is 0. The van der Waals surface area contributed by atoms with Gasteiger partial charge in [-0.1, -0.05) is 18.2 Å². The minimum atomic E-state index is -0.108. The zero-order chi connectivity index (χ0) is 22.5. The standard InChI is InChI=1S/C25H25N3O4/c1-30-19-11-9-18(10-12-19)28-24(27-21-7-5-4-6-20(21)25(28)29)16-26-15-17-8-13-22(31-2)23(14-17)32-3/h4-14,26H,15-16H2,1-3H3. The number of nitrogens with zero attached hydrogens (tertiary/aromatic N) is 2. The maximum absolute atomic E-state index is 13.3. The number of nitrogens with one attached hydrogen (secondary N) is 1. The van der Waals surface area contributed by atoms with E-state index in [1.165, 1.54) is 0 Å². The molecule has 4 aromatic rings. The van der Waals surface area contributed by atoms with Crippen LogP contribution < -0.4 is 25.1 Å². The third kappa shape index (κ3) is 4.29. The lowest BCUT2D eigenvalue weighted by Gasteiger charge is -2.15. The summed E-state index contributed by atoms with van der Waals surface area (Å²) in [7, 11) is 4.84. The zero-order valence-corrected chi connectivity index (χ0v) is 18.3. The van der Waals surface area contributed by atoms with E-state index in [-0.39, 0.29) is 5.56 Å². The fourth-order valence-corrected chi connectivity index (χ4v) is 3.60. The molecule has 3 aromatic carbocycles. The Balaban J connectivity index is 1.66. The molecule has 1 aromatic heterocycles. The number of hydrogen-bond acceptors (Lipinski definition) is 6. The normalized spacial score (nSPS) is 10.8. The molecule has 0 bridgehead atoms. The smallest absolute Gasteiger partial charge is 0.266 e. The molecule has 0 saturated carbocycles. The highest BCUT2D eigenvalue weighted by atomic mass is 16.5. The number of ether oxygens (including phenoxy) is 3. The number of para-hydroxylation sites is 1. The van der Waals surface area contributed by atoms with Crippen molar-refractivity contribution in [3.8, 4) is 22.9 Å². The van der Waals surface area contributed by atoms with E-state index in [0.717, 1.165) is 17.0 Å². The SMILES string of the molecule is COc1ccc(-n2c(CNCc3ccc(OC)c(OC)c3)nc3ccccc3c2=O)cc1. The number of aromatic nitrogens is 2. The molecule has 1 heterocycles. The summed E-state index contributed by atoms with van der Waals surface area (Å²) in [5, 5.41) is 3.96. The third-order valence-corrected chi connectivity index (χ3v) is 5.24. The Morgan fingerprint density at radius 2 is 1.59 bits per heavy atom. The fourth-order valence-electron chi connectivity index (χ4n) is 3.60. The molecule has 0 aliphatic rings. The molecule has 0 amide bonds. The Labute approximate surface area is 186 Å². The molecule has 0 aliphatic carbocycles. The zero-order valence-electron chi connectivity index (χ0n) is 18.3. The van der Waals surface area contributed by atoms with Gasteiger partial charge in [0.05, 0.1) is 44.5 Å². The van der Waals surface area contributed by atoms with Crippen molar-refractivity contribution >= 4 is 10.9 Å². The van der Waals surface area contributed by atoms with Crippen molar-refractivity contribution in [3.63, 3.8) is 0 Å². The third-order valence-electron chi connectivity index (χ3n) is 5.24. The van der Waals surface area contributed by atoms with Crippen LogP contribution in [-0.2, 0) is 13.1 Å². The van der Waals surface area contributed by atoms with Crippen LogP contribution in [0.4, 0.5) is 0 Å². The largest absolute Gasteiger partial charge is 0.497 e. The molecule has 0 saturated heterocycles. The Kier molecular flexibility index (Phi) is 6.37. The molecule has 7 nitrogen and oxygen atoms in total. The summed E-state index contributed by atoms with van der Waals surface area (Å²) in [5.74, 6) is 2.70. The molecule has 0 fully saturated rings. The maximum Gasteiger partial charge on any atom is 0.266 e. The Hall–Kier alpha value is -3.84. The highest BCUT2D eigenvalue weighted by Crippen LogP contribution is 2.27. The van der Waals surface area contributed by atoms with Crippen LogP contribution in [0.2, 0.25) is 0 Å². The van der Waals surface area contributed by atoms with E-state index in [0.29, 0.717) is 41.3 Å². The Bertz CT molecular complexity index is 1280. The predicted octanol–water partition coefficient (Wildman–Crippen LogP) is 3.70. The minimum Gasteiger partial charge on any atom is -0.497 e. The van der Waals surface area contributed by atoms with Gasteiger partial charge in [0.2, 0.25) is 0 Å². The molecular weight excluding hydrogens is 406 g/mol. The van der Waals surface area contributed by atoms with Gasteiger partial charge in [-0.3, -0.25) is 9.36 Å². The van der Waals surface area contributed by atoms with Crippen LogP contribution in [0.5, 0.6) is 17.2 Å². The highest BCUT2D eigenvalue weighted by molar-refractivity contribution is 5.77. The second-order valence-electron chi connectivity index (χ2n) is 7.18. The van der Waals surface area contributed by atoms with Gasteiger partial charge in [0.15, 0.2) is 11.5 Å². The average molecular weight is 431 g/mol. The van der Waals surface area contributed by atoms with Gasteiger partial charge in [-0.2, -0.15) is 0 Å². The summed E-state index contributed by atoms with van der Waals surface area (Å²) in [5.41, 5.74) is 2.33. The van der Waals surface area contributed by atoms with Gasteiger partial charge in [0, 0.05) is 6.54 Å². The van der Waals surface area contributed by atoms with Crippen molar-refractivity contribution < 1.29 is 14.2 Å². The Morgan fingerprint density at radius 3 is 2.31 bits per heavy atom. The molecule has 7 heteroatoms. The van der Waals surface area contributed by atoms with Crippen LogP contribution in [0, 0.1) is 0 Å². The predicted molar refractivity (Wildman–Crippen MR) is 124 cm³/mol. The van der Waals surface area contributed by atoms with Crippen LogP contribution in [-0.4, -0.2) is 30.9 Å². The van der Waals surface area contributed by atoms with Gasteiger partial charge in [-0.15, -0.1) is 0 Å². The van der Waals surface area contributed by atoms with E-state index in [1.54, 1.807) is 32.0 Å². The van der Waals surface area contributed by atoms with Gasteiger partial charge < -0.3 is 19.5 Å². The van der Waals surface area contributed by atoms with Crippen molar-refractivity contribution in [3.05, 3.63) is 88.5 Å². The van der Waals surface area contributed by atoms with Crippen molar-refractivity contribution in [1.82, 2.24) is 14.9 Å². The van der Waals surface area contributed by atoms with Crippen LogP contribution in [0.15, 0.2) is 71.5 Å². The fraction of sp³-hybridized carbons (Fsp3) is 0.200. The van der Waals surface area contributed by atoms with Gasteiger partial charge >= 0.3 is 0 Å². The van der Waals surface area contributed by atoms with Crippen LogP contribution >= 0.6 is 0 Å². The molecule has 0 aliphatic heterocycles. The van der Waals surface area contributed by atoms with Gasteiger partial charge in [-0.25, -0.2) is 4.98 Å². The van der Waals surface area contributed by atoms with Crippen LogP contribution in [0.3, 0.4) is 0 Å². The molecule has 0 radical (unpaired) electrons. The monoisotopic (exact) mass is 431 g/mol. The topological polar surface area (TPSA) is 74.6 Å². The summed E-state index contributed by atoms with van der Waals surface area (Å²) < 4.78 is 17.6. The van der Waals surface area contributed by atoms with Gasteiger partial charge in [-0.05, 0) is 54.1 Å². The molecule has 32 heavy (non-hydrogen) atoms. The number of benzene rings is 3. The molecular formula is C25H25N3O4. The molecule has 1 N–H and O–H groups in total. The summed E-state index contributed by atoms with van der Waals surface area (Å²) in [6.45, 7) is 0.978.